The lowest BCUT2D eigenvalue weighted by atomic mass is 10.0. The Morgan fingerprint density at radius 3 is 2.89 bits per heavy atom. The summed E-state index contributed by atoms with van der Waals surface area (Å²) in [6.45, 7) is 6.26. The highest BCUT2D eigenvalue weighted by atomic mass is 16.3. The first-order chi connectivity index (χ1) is 9.15. The van der Waals surface area contributed by atoms with Gasteiger partial charge in [0, 0.05) is 12.6 Å². The maximum atomic E-state index is 9.70. The topological polar surface area (TPSA) is 23.5 Å². The molecule has 106 valence electrons. The lowest BCUT2D eigenvalue weighted by Gasteiger charge is -2.31. The molecule has 2 rings (SSSR count). The Labute approximate surface area is 117 Å². The second-order valence-corrected chi connectivity index (χ2v) is 6.05. The summed E-state index contributed by atoms with van der Waals surface area (Å²) >= 11 is 0. The molecule has 2 heteroatoms. The molecule has 0 saturated carbocycles. The van der Waals surface area contributed by atoms with E-state index >= 15 is 0 Å². The van der Waals surface area contributed by atoms with E-state index in [4.69, 9.17) is 0 Å². The van der Waals surface area contributed by atoms with Gasteiger partial charge in [-0.15, -0.1) is 0 Å². The molecule has 0 aliphatic carbocycles. The van der Waals surface area contributed by atoms with E-state index < -0.39 is 0 Å². The zero-order valence-electron chi connectivity index (χ0n) is 12.3. The molecule has 0 amide bonds. The number of hydrogen-bond acceptors (Lipinski definition) is 2. The van der Waals surface area contributed by atoms with Crippen LogP contribution in [0.4, 0.5) is 0 Å². The first-order valence-electron chi connectivity index (χ1n) is 7.63. The summed E-state index contributed by atoms with van der Waals surface area (Å²) in [5.41, 5.74) is 2.73. The molecular weight excluding hydrogens is 234 g/mol. The van der Waals surface area contributed by atoms with Crippen molar-refractivity contribution in [3.8, 4) is 0 Å². The molecule has 0 spiro atoms. The number of aliphatic hydroxyl groups excluding tert-OH is 1. The summed E-state index contributed by atoms with van der Waals surface area (Å²) in [6.07, 6.45) is 5.88. The number of rotatable bonds is 4. The van der Waals surface area contributed by atoms with E-state index in [-0.39, 0.29) is 6.10 Å². The van der Waals surface area contributed by atoms with Gasteiger partial charge in [-0.25, -0.2) is 0 Å². The zero-order chi connectivity index (χ0) is 13.7. The standard InChI is InChI=1S/C17H27NO/c1-14-7-6-8-16(11-14)13-18-10-5-3-4-9-17(18)12-15(2)19/h6-8,11,15,17,19H,3-5,9-10,12-13H2,1-2H3. The van der Waals surface area contributed by atoms with Gasteiger partial charge >= 0.3 is 0 Å². The molecule has 1 aliphatic heterocycles. The smallest absolute Gasteiger partial charge is 0.0527 e. The monoisotopic (exact) mass is 261 g/mol. The highest BCUT2D eigenvalue weighted by molar-refractivity contribution is 5.22. The van der Waals surface area contributed by atoms with E-state index in [1.165, 1.54) is 43.4 Å². The van der Waals surface area contributed by atoms with Crippen molar-refractivity contribution in [1.82, 2.24) is 4.90 Å². The largest absolute Gasteiger partial charge is 0.393 e. The van der Waals surface area contributed by atoms with E-state index in [2.05, 4.69) is 36.1 Å². The van der Waals surface area contributed by atoms with E-state index in [1.807, 2.05) is 6.92 Å². The Morgan fingerprint density at radius 2 is 2.16 bits per heavy atom. The van der Waals surface area contributed by atoms with Gasteiger partial charge in [0.2, 0.25) is 0 Å². The molecule has 1 aromatic rings. The molecular formula is C17H27NO. The number of aliphatic hydroxyl groups is 1. The van der Waals surface area contributed by atoms with Crippen LogP contribution in [0.3, 0.4) is 0 Å². The number of aryl methyl sites for hydroxylation is 1. The predicted molar refractivity (Wildman–Crippen MR) is 80.1 cm³/mol. The van der Waals surface area contributed by atoms with E-state index in [0.29, 0.717) is 6.04 Å². The molecule has 0 radical (unpaired) electrons. The van der Waals surface area contributed by atoms with Crippen LogP contribution >= 0.6 is 0 Å². The van der Waals surface area contributed by atoms with Crippen molar-refractivity contribution in [3.05, 3.63) is 35.4 Å². The lowest BCUT2D eigenvalue weighted by Crippen LogP contribution is -2.36. The molecule has 2 nitrogen and oxygen atoms in total. The molecule has 1 heterocycles. The van der Waals surface area contributed by atoms with Crippen LogP contribution in [0, 0.1) is 6.92 Å². The summed E-state index contributed by atoms with van der Waals surface area (Å²) in [7, 11) is 0. The van der Waals surface area contributed by atoms with E-state index in [1.54, 1.807) is 0 Å². The number of benzene rings is 1. The second kappa shape index (κ2) is 7.06. The molecule has 1 fully saturated rings. The van der Waals surface area contributed by atoms with Gasteiger partial charge in [-0.3, -0.25) is 4.90 Å². The summed E-state index contributed by atoms with van der Waals surface area (Å²) < 4.78 is 0. The number of hydrogen-bond donors (Lipinski definition) is 1. The van der Waals surface area contributed by atoms with Crippen molar-refractivity contribution >= 4 is 0 Å². The van der Waals surface area contributed by atoms with Gasteiger partial charge in [0.05, 0.1) is 6.10 Å². The first-order valence-corrected chi connectivity index (χ1v) is 7.63. The SMILES string of the molecule is Cc1cccc(CN2CCCCCC2CC(C)O)c1. The van der Waals surface area contributed by atoms with Crippen LogP contribution in [0.5, 0.6) is 0 Å². The zero-order valence-corrected chi connectivity index (χ0v) is 12.3. The third kappa shape index (κ3) is 4.63. The minimum atomic E-state index is -0.192. The van der Waals surface area contributed by atoms with Crippen molar-refractivity contribution in [2.75, 3.05) is 6.54 Å². The maximum Gasteiger partial charge on any atom is 0.0527 e. The fourth-order valence-electron chi connectivity index (χ4n) is 3.15. The van der Waals surface area contributed by atoms with E-state index in [0.717, 1.165) is 13.0 Å². The molecule has 1 aliphatic rings. The maximum absolute atomic E-state index is 9.70. The Balaban J connectivity index is 2.05. The summed E-state index contributed by atoms with van der Waals surface area (Å²) in [5, 5.41) is 9.70. The average molecular weight is 261 g/mol. The van der Waals surface area contributed by atoms with Crippen LogP contribution in [0.25, 0.3) is 0 Å². The molecule has 1 N–H and O–H groups in total. The second-order valence-electron chi connectivity index (χ2n) is 6.05. The lowest BCUT2D eigenvalue weighted by molar-refractivity contribution is 0.108. The Bertz CT molecular complexity index is 389. The minimum absolute atomic E-state index is 0.192. The van der Waals surface area contributed by atoms with Gasteiger partial charge in [-0.2, -0.15) is 0 Å². The van der Waals surface area contributed by atoms with Crippen LogP contribution < -0.4 is 0 Å². The molecule has 1 aromatic carbocycles. The van der Waals surface area contributed by atoms with Crippen LogP contribution in [0.1, 0.15) is 50.2 Å². The molecule has 0 aromatic heterocycles. The third-order valence-corrected chi connectivity index (χ3v) is 4.08. The average Bonchev–Trinajstić information content (AvgIpc) is 2.55. The van der Waals surface area contributed by atoms with Crippen molar-refractivity contribution in [2.24, 2.45) is 0 Å². The highest BCUT2D eigenvalue weighted by Crippen LogP contribution is 2.22. The van der Waals surface area contributed by atoms with Crippen molar-refractivity contribution in [1.29, 1.82) is 0 Å². The summed E-state index contributed by atoms with van der Waals surface area (Å²) in [5.74, 6) is 0. The van der Waals surface area contributed by atoms with Gasteiger partial charge in [-0.05, 0) is 45.2 Å². The van der Waals surface area contributed by atoms with Gasteiger partial charge in [0.1, 0.15) is 0 Å². The predicted octanol–water partition coefficient (Wildman–Crippen LogP) is 3.51. The van der Waals surface area contributed by atoms with Crippen LogP contribution in [-0.4, -0.2) is 28.7 Å². The van der Waals surface area contributed by atoms with Crippen molar-refractivity contribution < 1.29 is 5.11 Å². The van der Waals surface area contributed by atoms with Gasteiger partial charge in [-0.1, -0.05) is 42.7 Å². The fourth-order valence-corrected chi connectivity index (χ4v) is 3.15. The molecule has 2 atom stereocenters. The van der Waals surface area contributed by atoms with Gasteiger partial charge in [0.15, 0.2) is 0 Å². The minimum Gasteiger partial charge on any atom is -0.393 e. The van der Waals surface area contributed by atoms with Crippen LogP contribution in [0.15, 0.2) is 24.3 Å². The van der Waals surface area contributed by atoms with Gasteiger partial charge < -0.3 is 5.11 Å². The molecule has 19 heavy (non-hydrogen) atoms. The Hall–Kier alpha value is -0.860. The Kier molecular flexibility index (Phi) is 5.41. The van der Waals surface area contributed by atoms with Crippen LogP contribution in [0.2, 0.25) is 0 Å². The summed E-state index contributed by atoms with van der Waals surface area (Å²) in [4.78, 5) is 2.58. The highest BCUT2D eigenvalue weighted by Gasteiger charge is 2.22. The van der Waals surface area contributed by atoms with Crippen molar-refractivity contribution in [2.45, 2.75) is 64.6 Å². The quantitative estimate of drug-likeness (QED) is 0.896. The van der Waals surface area contributed by atoms with Gasteiger partial charge in [0.25, 0.3) is 0 Å². The van der Waals surface area contributed by atoms with Crippen molar-refractivity contribution in [3.63, 3.8) is 0 Å². The molecule has 2 unspecified atom stereocenters. The third-order valence-electron chi connectivity index (χ3n) is 4.08. The molecule has 1 saturated heterocycles. The fraction of sp³-hybridized carbons (Fsp3) is 0.647. The Morgan fingerprint density at radius 1 is 1.32 bits per heavy atom. The number of likely N-dealkylation sites (tertiary alicyclic amines) is 1. The normalized spacial score (nSPS) is 23.0. The summed E-state index contributed by atoms with van der Waals surface area (Å²) in [6, 6.07) is 9.34. The first kappa shape index (κ1) is 14.5. The number of nitrogens with zero attached hydrogens (tertiary/aromatic N) is 1. The molecule has 0 bridgehead atoms. The van der Waals surface area contributed by atoms with Crippen LogP contribution in [-0.2, 0) is 6.54 Å². The van der Waals surface area contributed by atoms with E-state index in [9.17, 15) is 5.11 Å².